The standard InChI is InChI=1S/C16H27NO4/c1-6-17-16(3,11-18)10-12(2)21-15-8-13(19-4)7-14(9-15)20-5/h7-9,12,17-18H,6,10-11H2,1-5H3. The highest BCUT2D eigenvalue weighted by Gasteiger charge is 2.25. The van der Waals surface area contributed by atoms with Gasteiger partial charge in [0.2, 0.25) is 0 Å². The van der Waals surface area contributed by atoms with Gasteiger partial charge in [-0.05, 0) is 20.4 Å². The van der Waals surface area contributed by atoms with E-state index >= 15 is 0 Å². The lowest BCUT2D eigenvalue weighted by molar-refractivity contribution is 0.111. The number of aliphatic hydroxyl groups excluding tert-OH is 1. The van der Waals surface area contributed by atoms with E-state index in [1.54, 1.807) is 20.3 Å². The highest BCUT2D eigenvalue weighted by Crippen LogP contribution is 2.29. The fourth-order valence-electron chi connectivity index (χ4n) is 2.38. The van der Waals surface area contributed by atoms with Crippen molar-refractivity contribution in [1.82, 2.24) is 5.32 Å². The Balaban J connectivity index is 2.75. The van der Waals surface area contributed by atoms with Crippen LogP contribution in [0.2, 0.25) is 0 Å². The van der Waals surface area contributed by atoms with Crippen LogP contribution in [0, 0.1) is 0 Å². The highest BCUT2D eigenvalue weighted by molar-refractivity contribution is 5.42. The maximum absolute atomic E-state index is 9.54. The lowest BCUT2D eigenvalue weighted by Crippen LogP contribution is -2.48. The van der Waals surface area contributed by atoms with E-state index in [1.807, 2.05) is 32.9 Å². The molecule has 0 aliphatic rings. The van der Waals surface area contributed by atoms with Gasteiger partial charge in [-0.2, -0.15) is 0 Å². The monoisotopic (exact) mass is 297 g/mol. The van der Waals surface area contributed by atoms with Gasteiger partial charge in [-0.1, -0.05) is 6.92 Å². The van der Waals surface area contributed by atoms with Gasteiger partial charge in [-0.3, -0.25) is 0 Å². The third kappa shape index (κ3) is 5.44. The average molecular weight is 297 g/mol. The third-order valence-corrected chi connectivity index (χ3v) is 3.35. The summed E-state index contributed by atoms with van der Waals surface area (Å²) in [5, 5.41) is 12.8. The quantitative estimate of drug-likeness (QED) is 0.732. The molecule has 0 bridgehead atoms. The van der Waals surface area contributed by atoms with Crippen LogP contribution in [0.15, 0.2) is 18.2 Å². The number of benzene rings is 1. The topological polar surface area (TPSA) is 60.0 Å². The summed E-state index contributed by atoms with van der Waals surface area (Å²) in [6.45, 7) is 6.86. The van der Waals surface area contributed by atoms with E-state index < -0.39 is 0 Å². The summed E-state index contributed by atoms with van der Waals surface area (Å²) in [6.07, 6.45) is 0.634. The minimum absolute atomic E-state index is 0.0574. The van der Waals surface area contributed by atoms with Gasteiger partial charge in [0.15, 0.2) is 0 Å². The summed E-state index contributed by atoms with van der Waals surface area (Å²) in [5.41, 5.74) is -0.350. The van der Waals surface area contributed by atoms with Crippen molar-refractivity contribution in [1.29, 1.82) is 0 Å². The number of methoxy groups -OCH3 is 2. The van der Waals surface area contributed by atoms with E-state index in [4.69, 9.17) is 14.2 Å². The van der Waals surface area contributed by atoms with Crippen molar-refractivity contribution in [3.63, 3.8) is 0 Å². The van der Waals surface area contributed by atoms with Crippen molar-refractivity contribution in [2.45, 2.75) is 38.8 Å². The van der Waals surface area contributed by atoms with Crippen molar-refractivity contribution >= 4 is 0 Å². The molecular formula is C16H27NO4. The molecule has 1 aromatic carbocycles. The van der Waals surface area contributed by atoms with Gasteiger partial charge in [0, 0.05) is 30.2 Å². The van der Waals surface area contributed by atoms with Gasteiger partial charge in [-0.15, -0.1) is 0 Å². The molecule has 120 valence electrons. The number of ether oxygens (including phenoxy) is 3. The second-order valence-electron chi connectivity index (χ2n) is 5.43. The Labute approximate surface area is 127 Å². The van der Waals surface area contributed by atoms with Gasteiger partial charge in [-0.25, -0.2) is 0 Å². The summed E-state index contributed by atoms with van der Waals surface area (Å²) >= 11 is 0. The van der Waals surface area contributed by atoms with Crippen molar-refractivity contribution in [3.05, 3.63) is 18.2 Å². The molecule has 0 amide bonds. The molecule has 2 atom stereocenters. The molecule has 0 aliphatic carbocycles. The van der Waals surface area contributed by atoms with Crippen LogP contribution in [-0.4, -0.2) is 44.1 Å². The molecule has 21 heavy (non-hydrogen) atoms. The molecule has 0 aliphatic heterocycles. The number of hydrogen-bond donors (Lipinski definition) is 2. The van der Waals surface area contributed by atoms with Crippen LogP contribution in [0.25, 0.3) is 0 Å². The second-order valence-corrected chi connectivity index (χ2v) is 5.43. The van der Waals surface area contributed by atoms with Crippen LogP contribution in [0.5, 0.6) is 17.2 Å². The molecule has 0 spiro atoms. The Kier molecular flexibility index (Phi) is 6.78. The fourth-order valence-corrected chi connectivity index (χ4v) is 2.38. The van der Waals surface area contributed by atoms with E-state index in [-0.39, 0.29) is 18.2 Å². The lowest BCUT2D eigenvalue weighted by atomic mass is 9.95. The van der Waals surface area contributed by atoms with Crippen molar-refractivity contribution in [3.8, 4) is 17.2 Å². The maximum atomic E-state index is 9.54. The molecule has 1 rings (SSSR count). The summed E-state index contributed by atoms with van der Waals surface area (Å²) in [7, 11) is 3.21. The smallest absolute Gasteiger partial charge is 0.127 e. The molecule has 0 fully saturated rings. The van der Waals surface area contributed by atoms with Crippen molar-refractivity contribution in [2.75, 3.05) is 27.4 Å². The van der Waals surface area contributed by atoms with Crippen LogP contribution in [0.1, 0.15) is 27.2 Å². The molecule has 0 saturated carbocycles. The van der Waals surface area contributed by atoms with Gasteiger partial charge in [0.1, 0.15) is 17.2 Å². The Morgan fingerprint density at radius 2 is 1.67 bits per heavy atom. The average Bonchev–Trinajstić information content (AvgIpc) is 2.46. The zero-order chi connectivity index (χ0) is 15.9. The Morgan fingerprint density at radius 3 is 2.10 bits per heavy atom. The molecule has 5 heteroatoms. The van der Waals surface area contributed by atoms with Gasteiger partial charge in [0.05, 0.1) is 26.9 Å². The first-order valence-electron chi connectivity index (χ1n) is 7.22. The number of rotatable bonds is 9. The fraction of sp³-hybridized carbons (Fsp3) is 0.625. The molecule has 0 aromatic heterocycles. The molecule has 2 unspecified atom stereocenters. The predicted molar refractivity (Wildman–Crippen MR) is 83.4 cm³/mol. The maximum Gasteiger partial charge on any atom is 0.127 e. The number of likely N-dealkylation sites (N-methyl/N-ethyl adjacent to an activating group) is 1. The third-order valence-electron chi connectivity index (χ3n) is 3.35. The zero-order valence-electron chi connectivity index (χ0n) is 13.6. The SMILES string of the molecule is CCNC(C)(CO)CC(C)Oc1cc(OC)cc(OC)c1. The van der Waals surface area contributed by atoms with Gasteiger partial charge < -0.3 is 24.6 Å². The largest absolute Gasteiger partial charge is 0.496 e. The van der Waals surface area contributed by atoms with E-state index in [0.717, 1.165) is 6.54 Å². The molecule has 0 heterocycles. The zero-order valence-corrected chi connectivity index (χ0v) is 13.6. The Hall–Kier alpha value is -1.46. The normalized spacial score (nSPS) is 15.1. The van der Waals surface area contributed by atoms with Crippen LogP contribution >= 0.6 is 0 Å². The van der Waals surface area contributed by atoms with E-state index in [0.29, 0.717) is 23.7 Å². The minimum Gasteiger partial charge on any atom is -0.496 e. The van der Waals surface area contributed by atoms with E-state index in [9.17, 15) is 5.11 Å². The van der Waals surface area contributed by atoms with E-state index in [1.165, 1.54) is 0 Å². The number of hydrogen-bond acceptors (Lipinski definition) is 5. The number of aliphatic hydroxyl groups is 1. The molecule has 2 N–H and O–H groups in total. The summed E-state index contributed by atoms with van der Waals surface area (Å²) in [5.74, 6) is 2.07. The van der Waals surface area contributed by atoms with Gasteiger partial charge in [0.25, 0.3) is 0 Å². The molecule has 0 radical (unpaired) electrons. The molecule has 0 saturated heterocycles. The van der Waals surface area contributed by atoms with E-state index in [2.05, 4.69) is 5.32 Å². The number of nitrogens with one attached hydrogen (secondary N) is 1. The molecule has 5 nitrogen and oxygen atoms in total. The second kappa shape index (κ2) is 8.10. The first kappa shape index (κ1) is 17.6. The van der Waals surface area contributed by atoms with Crippen LogP contribution in [0.4, 0.5) is 0 Å². The van der Waals surface area contributed by atoms with Crippen LogP contribution in [-0.2, 0) is 0 Å². The van der Waals surface area contributed by atoms with Crippen LogP contribution < -0.4 is 19.5 Å². The molecule has 1 aromatic rings. The summed E-state index contributed by atoms with van der Waals surface area (Å²) in [4.78, 5) is 0. The molecular weight excluding hydrogens is 270 g/mol. The van der Waals surface area contributed by atoms with Crippen molar-refractivity contribution in [2.24, 2.45) is 0 Å². The summed E-state index contributed by atoms with van der Waals surface area (Å²) in [6, 6.07) is 5.44. The van der Waals surface area contributed by atoms with Gasteiger partial charge >= 0.3 is 0 Å². The Morgan fingerprint density at radius 1 is 1.14 bits per heavy atom. The first-order valence-corrected chi connectivity index (χ1v) is 7.22. The van der Waals surface area contributed by atoms with Crippen molar-refractivity contribution < 1.29 is 19.3 Å². The first-order chi connectivity index (χ1) is 9.96. The Bertz CT molecular complexity index is 416. The minimum atomic E-state index is -0.350. The predicted octanol–water partition coefficient (Wildman–Crippen LogP) is 2.22. The lowest BCUT2D eigenvalue weighted by Gasteiger charge is -2.31. The summed E-state index contributed by atoms with van der Waals surface area (Å²) < 4.78 is 16.4. The highest BCUT2D eigenvalue weighted by atomic mass is 16.5. The van der Waals surface area contributed by atoms with Crippen LogP contribution in [0.3, 0.4) is 0 Å².